The Morgan fingerprint density at radius 3 is 2.43 bits per heavy atom. The molecular formula is C16H19N3O2. The Bertz CT molecular complexity index is 568. The Hall–Kier alpha value is -2.40. The number of carbonyl (C=O) groups is 1. The van der Waals surface area contributed by atoms with E-state index in [-0.39, 0.29) is 11.9 Å². The fourth-order valence-corrected chi connectivity index (χ4v) is 1.73. The van der Waals surface area contributed by atoms with E-state index < -0.39 is 0 Å². The van der Waals surface area contributed by atoms with Gasteiger partial charge in [-0.3, -0.25) is 9.78 Å². The summed E-state index contributed by atoms with van der Waals surface area (Å²) in [6.07, 6.45) is 4.44. The number of nitrogens with zero attached hydrogens (tertiary/aromatic N) is 1. The predicted molar refractivity (Wildman–Crippen MR) is 82.3 cm³/mol. The normalized spacial score (nSPS) is 11.7. The van der Waals surface area contributed by atoms with Gasteiger partial charge < -0.3 is 15.8 Å². The second kappa shape index (κ2) is 7.40. The van der Waals surface area contributed by atoms with E-state index in [1.165, 1.54) is 0 Å². The number of nitrogens with one attached hydrogen (secondary N) is 1. The Kier molecular flexibility index (Phi) is 5.29. The van der Waals surface area contributed by atoms with E-state index in [1.807, 2.05) is 19.1 Å². The molecule has 1 heterocycles. The maximum atomic E-state index is 11.7. The molecule has 3 N–H and O–H groups in total. The summed E-state index contributed by atoms with van der Waals surface area (Å²) in [5.41, 5.74) is 6.37. The molecular weight excluding hydrogens is 266 g/mol. The maximum Gasteiger partial charge on any atom is 0.224 e. The molecule has 21 heavy (non-hydrogen) atoms. The number of hydrogen-bond acceptors (Lipinski definition) is 4. The molecule has 0 saturated heterocycles. The molecule has 5 nitrogen and oxygen atoms in total. The quantitative estimate of drug-likeness (QED) is 0.855. The Morgan fingerprint density at radius 1 is 1.19 bits per heavy atom. The lowest BCUT2D eigenvalue weighted by atomic mass is 10.2. The van der Waals surface area contributed by atoms with Crippen molar-refractivity contribution in [2.45, 2.75) is 25.8 Å². The molecule has 0 spiro atoms. The van der Waals surface area contributed by atoms with E-state index in [1.54, 1.807) is 36.7 Å². The molecule has 2 aromatic rings. The molecule has 0 aliphatic rings. The summed E-state index contributed by atoms with van der Waals surface area (Å²) < 4.78 is 5.65. The fourth-order valence-electron chi connectivity index (χ4n) is 1.73. The minimum atomic E-state index is -0.0323. The van der Waals surface area contributed by atoms with Gasteiger partial charge in [0, 0.05) is 30.5 Å². The van der Waals surface area contributed by atoms with Crippen molar-refractivity contribution in [1.29, 1.82) is 0 Å². The predicted octanol–water partition coefficient (Wildman–Crippen LogP) is 2.94. The summed E-state index contributed by atoms with van der Waals surface area (Å²) in [5.74, 6) is 1.39. The summed E-state index contributed by atoms with van der Waals surface area (Å²) in [5, 5.41) is 2.83. The number of carbonyl (C=O) groups excluding carboxylic acids is 1. The highest BCUT2D eigenvalue weighted by Gasteiger charge is 2.04. The summed E-state index contributed by atoms with van der Waals surface area (Å²) in [6.45, 7) is 1.89. The summed E-state index contributed by atoms with van der Waals surface area (Å²) in [4.78, 5) is 15.6. The average Bonchev–Trinajstić information content (AvgIpc) is 2.48. The highest BCUT2D eigenvalue weighted by molar-refractivity contribution is 5.90. The van der Waals surface area contributed by atoms with Crippen LogP contribution in [0.15, 0.2) is 48.8 Å². The molecule has 1 atom stereocenters. The minimum Gasteiger partial charge on any atom is -0.457 e. The van der Waals surface area contributed by atoms with Gasteiger partial charge in [0.1, 0.15) is 11.5 Å². The molecule has 110 valence electrons. The minimum absolute atomic E-state index is 0.0323. The molecule has 1 aromatic heterocycles. The Labute approximate surface area is 124 Å². The van der Waals surface area contributed by atoms with Crippen LogP contribution in [-0.4, -0.2) is 16.9 Å². The van der Waals surface area contributed by atoms with Gasteiger partial charge >= 0.3 is 0 Å². The smallest absolute Gasteiger partial charge is 0.224 e. The zero-order chi connectivity index (χ0) is 15.1. The topological polar surface area (TPSA) is 77.2 Å². The first-order valence-corrected chi connectivity index (χ1v) is 6.87. The standard InChI is InChI=1S/C16H19N3O2/c1-12(17)2-7-16(20)19-13-3-5-14(6-4-13)21-15-8-10-18-11-9-15/h3-6,8-12H,2,7,17H2,1H3,(H,19,20). The number of anilines is 1. The van der Waals surface area contributed by atoms with Crippen LogP contribution in [0.2, 0.25) is 0 Å². The van der Waals surface area contributed by atoms with Crippen LogP contribution in [0.3, 0.4) is 0 Å². The molecule has 1 aromatic carbocycles. The highest BCUT2D eigenvalue weighted by Crippen LogP contribution is 2.22. The van der Waals surface area contributed by atoms with Gasteiger partial charge in [-0.25, -0.2) is 0 Å². The van der Waals surface area contributed by atoms with Gasteiger partial charge in [0.15, 0.2) is 0 Å². The number of hydrogen-bond donors (Lipinski definition) is 2. The number of ether oxygens (including phenoxy) is 1. The zero-order valence-corrected chi connectivity index (χ0v) is 12.0. The van der Waals surface area contributed by atoms with Crippen molar-refractivity contribution in [1.82, 2.24) is 4.98 Å². The third kappa shape index (κ3) is 5.24. The van der Waals surface area contributed by atoms with Crippen LogP contribution in [0.5, 0.6) is 11.5 Å². The van der Waals surface area contributed by atoms with Crippen LogP contribution in [-0.2, 0) is 4.79 Å². The number of aromatic nitrogens is 1. The fraction of sp³-hybridized carbons (Fsp3) is 0.250. The number of pyridine rings is 1. The van der Waals surface area contributed by atoms with E-state index in [0.29, 0.717) is 18.6 Å². The van der Waals surface area contributed by atoms with Crippen LogP contribution in [0.25, 0.3) is 0 Å². The SMILES string of the molecule is CC(N)CCC(=O)Nc1ccc(Oc2ccncc2)cc1. The van der Waals surface area contributed by atoms with Gasteiger partial charge in [0.2, 0.25) is 5.91 Å². The number of amides is 1. The first-order chi connectivity index (χ1) is 10.1. The highest BCUT2D eigenvalue weighted by atomic mass is 16.5. The lowest BCUT2D eigenvalue weighted by Crippen LogP contribution is -2.19. The Balaban J connectivity index is 1.88. The summed E-state index contributed by atoms with van der Waals surface area (Å²) in [7, 11) is 0. The van der Waals surface area contributed by atoms with E-state index in [2.05, 4.69) is 10.3 Å². The number of benzene rings is 1. The van der Waals surface area contributed by atoms with E-state index >= 15 is 0 Å². The van der Waals surface area contributed by atoms with E-state index in [4.69, 9.17) is 10.5 Å². The maximum absolute atomic E-state index is 11.7. The lowest BCUT2D eigenvalue weighted by Gasteiger charge is -2.08. The summed E-state index contributed by atoms with van der Waals surface area (Å²) in [6, 6.07) is 10.8. The van der Waals surface area contributed by atoms with Crippen molar-refractivity contribution in [2.24, 2.45) is 5.73 Å². The third-order valence-corrected chi connectivity index (χ3v) is 2.85. The molecule has 0 radical (unpaired) electrons. The largest absolute Gasteiger partial charge is 0.457 e. The van der Waals surface area contributed by atoms with Crippen LogP contribution >= 0.6 is 0 Å². The molecule has 0 saturated carbocycles. The number of rotatable bonds is 6. The summed E-state index contributed by atoms with van der Waals surface area (Å²) >= 11 is 0. The van der Waals surface area contributed by atoms with Crippen molar-refractivity contribution in [3.63, 3.8) is 0 Å². The van der Waals surface area contributed by atoms with Gasteiger partial charge in [-0.1, -0.05) is 0 Å². The van der Waals surface area contributed by atoms with Gasteiger partial charge in [0.25, 0.3) is 0 Å². The van der Waals surface area contributed by atoms with Crippen LogP contribution in [0, 0.1) is 0 Å². The molecule has 5 heteroatoms. The van der Waals surface area contributed by atoms with Crippen molar-refractivity contribution >= 4 is 11.6 Å². The van der Waals surface area contributed by atoms with Crippen LogP contribution in [0.4, 0.5) is 5.69 Å². The average molecular weight is 285 g/mol. The molecule has 2 rings (SSSR count). The van der Waals surface area contributed by atoms with E-state index in [0.717, 1.165) is 11.4 Å². The molecule has 0 fully saturated rings. The zero-order valence-electron chi connectivity index (χ0n) is 12.0. The van der Waals surface area contributed by atoms with Crippen molar-refractivity contribution in [2.75, 3.05) is 5.32 Å². The second-order valence-corrected chi connectivity index (χ2v) is 4.87. The number of nitrogens with two attached hydrogens (primary N) is 1. The monoisotopic (exact) mass is 285 g/mol. The second-order valence-electron chi connectivity index (χ2n) is 4.87. The van der Waals surface area contributed by atoms with Gasteiger partial charge in [-0.2, -0.15) is 0 Å². The molecule has 0 bridgehead atoms. The molecule has 0 aliphatic heterocycles. The Morgan fingerprint density at radius 2 is 1.81 bits per heavy atom. The third-order valence-electron chi connectivity index (χ3n) is 2.85. The molecule has 1 amide bonds. The molecule has 1 unspecified atom stereocenters. The molecule has 0 aliphatic carbocycles. The van der Waals surface area contributed by atoms with Gasteiger partial charge in [-0.05, 0) is 49.7 Å². The lowest BCUT2D eigenvalue weighted by molar-refractivity contribution is -0.116. The van der Waals surface area contributed by atoms with Crippen LogP contribution in [0.1, 0.15) is 19.8 Å². The van der Waals surface area contributed by atoms with Crippen molar-refractivity contribution in [3.8, 4) is 11.5 Å². The van der Waals surface area contributed by atoms with Crippen molar-refractivity contribution in [3.05, 3.63) is 48.8 Å². The van der Waals surface area contributed by atoms with Gasteiger partial charge in [-0.15, -0.1) is 0 Å². The first-order valence-electron chi connectivity index (χ1n) is 6.87. The first kappa shape index (κ1) is 15.0. The van der Waals surface area contributed by atoms with Crippen molar-refractivity contribution < 1.29 is 9.53 Å². The van der Waals surface area contributed by atoms with Crippen LogP contribution < -0.4 is 15.8 Å². The van der Waals surface area contributed by atoms with E-state index in [9.17, 15) is 4.79 Å². The van der Waals surface area contributed by atoms with Gasteiger partial charge in [0.05, 0.1) is 0 Å².